The zero-order valence-corrected chi connectivity index (χ0v) is 16.7. The summed E-state index contributed by atoms with van der Waals surface area (Å²) in [5, 5.41) is 7.57. The number of rotatable bonds is 6. The molecule has 0 bridgehead atoms. The van der Waals surface area contributed by atoms with Gasteiger partial charge >= 0.3 is 5.97 Å². The molecule has 0 aliphatic heterocycles. The summed E-state index contributed by atoms with van der Waals surface area (Å²) in [5.74, 6) is -1.13. The second-order valence-corrected chi connectivity index (χ2v) is 7.15. The molecular formula is C17H20ClN3O4S. The summed E-state index contributed by atoms with van der Waals surface area (Å²) in [6.45, 7) is 8.38. The highest BCUT2D eigenvalue weighted by Gasteiger charge is 2.27. The zero-order valence-electron chi connectivity index (χ0n) is 15.2. The number of hydrogen-bond acceptors (Lipinski definition) is 6. The van der Waals surface area contributed by atoms with Gasteiger partial charge in [0.05, 0.1) is 34.0 Å². The molecule has 2 rings (SSSR count). The molecule has 0 saturated heterocycles. The summed E-state index contributed by atoms with van der Waals surface area (Å²) < 4.78 is 6.56. The van der Waals surface area contributed by atoms with Crippen LogP contribution in [0.1, 0.15) is 58.1 Å². The zero-order chi connectivity index (χ0) is 19.6. The number of ketones is 1. The molecule has 26 heavy (non-hydrogen) atoms. The average Bonchev–Trinajstić information content (AvgIpc) is 3.07. The highest BCUT2D eigenvalue weighted by atomic mass is 35.5. The first-order valence-electron chi connectivity index (χ1n) is 8.00. The van der Waals surface area contributed by atoms with Gasteiger partial charge in [-0.3, -0.25) is 14.3 Å². The third kappa shape index (κ3) is 3.81. The summed E-state index contributed by atoms with van der Waals surface area (Å²) in [7, 11) is 0. The van der Waals surface area contributed by atoms with Gasteiger partial charge in [-0.2, -0.15) is 5.10 Å². The number of anilines is 1. The molecule has 1 N–H and O–H groups in total. The van der Waals surface area contributed by atoms with Gasteiger partial charge in [0.25, 0.3) is 0 Å². The molecule has 1 unspecified atom stereocenters. The number of hydrogen-bond donors (Lipinski definition) is 1. The monoisotopic (exact) mass is 397 g/mol. The van der Waals surface area contributed by atoms with E-state index in [0.29, 0.717) is 26.2 Å². The third-order valence-corrected chi connectivity index (χ3v) is 5.59. The minimum atomic E-state index is -0.652. The highest BCUT2D eigenvalue weighted by molar-refractivity contribution is 7.18. The molecule has 140 valence electrons. The number of ether oxygens (including phenoxy) is 1. The molecule has 0 saturated carbocycles. The van der Waals surface area contributed by atoms with E-state index in [2.05, 4.69) is 10.4 Å². The Labute approximate surface area is 160 Å². The van der Waals surface area contributed by atoms with E-state index in [9.17, 15) is 14.4 Å². The van der Waals surface area contributed by atoms with Crippen molar-refractivity contribution in [3.05, 3.63) is 32.9 Å². The molecule has 1 amide bonds. The molecule has 1 atom stereocenters. The minimum absolute atomic E-state index is 0.179. The molecule has 0 aromatic carbocycles. The first-order chi connectivity index (χ1) is 12.2. The van der Waals surface area contributed by atoms with Gasteiger partial charge in [0.1, 0.15) is 11.0 Å². The van der Waals surface area contributed by atoms with E-state index in [4.69, 9.17) is 16.3 Å². The quantitative estimate of drug-likeness (QED) is 0.591. The van der Waals surface area contributed by atoms with Crippen molar-refractivity contribution in [1.82, 2.24) is 9.78 Å². The van der Waals surface area contributed by atoms with E-state index in [0.717, 1.165) is 11.3 Å². The Morgan fingerprint density at radius 2 is 2.04 bits per heavy atom. The van der Waals surface area contributed by atoms with Crippen LogP contribution in [0.5, 0.6) is 0 Å². The maximum absolute atomic E-state index is 12.7. The number of esters is 1. The van der Waals surface area contributed by atoms with Crippen LogP contribution in [0.15, 0.2) is 6.20 Å². The SMILES string of the molecule is CCOC(=O)c1c(NC(=O)C(C)n2ncc(Cl)c2C)sc(C(C)=O)c1C. The molecule has 0 spiro atoms. The van der Waals surface area contributed by atoms with Crippen molar-refractivity contribution < 1.29 is 19.1 Å². The summed E-state index contributed by atoms with van der Waals surface area (Å²) in [6.07, 6.45) is 1.47. The van der Waals surface area contributed by atoms with Crippen molar-refractivity contribution in [2.45, 2.75) is 40.7 Å². The predicted octanol–water partition coefficient (Wildman–Crippen LogP) is 3.79. The summed E-state index contributed by atoms with van der Waals surface area (Å²) in [6, 6.07) is -0.652. The number of Topliss-reactive ketones (excluding diaryl/α,β-unsaturated/α-hetero) is 1. The topological polar surface area (TPSA) is 90.3 Å². The van der Waals surface area contributed by atoms with Crippen molar-refractivity contribution in [3.63, 3.8) is 0 Å². The molecule has 9 heteroatoms. The van der Waals surface area contributed by atoms with Crippen molar-refractivity contribution in [2.75, 3.05) is 11.9 Å². The number of nitrogens with one attached hydrogen (secondary N) is 1. The van der Waals surface area contributed by atoms with E-state index in [1.54, 1.807) is 27.7 Å². The number of aromatic nitrogens is 2. The van der Waals surface area contributed by atoms with Crippen LogP contribution in [0.2, 0.25) is 5.02 Å². The minimum Gasteiger partial charge on any atom is -0.462 e. The lowest BCUT2D eigenvalue weighted by Gasteiger charge is -2.14. The lowest BCUT2D eigenvalue weighted by molar-refractivity contribution is -0.119. The van der Waals surface area contributed by atoms with E-state index in [1.165, 1.54) is 17.8 Å². The maximum atomic E-state index is 12.7. The number of thiophene rings is 1. The molecule has 2 heterocycles. The first kappa shape index (κ1) is 20.1. The Morgan fingerprint density at radius 1 is 1.38 bits per heavy atom. The van der Waals surface area contributed by atoms with E-state index in [-0.39, 0.29) is 23.9 Å². The normalized spacial score (nSPS) is 11.9. The number of carbonyl (C=O) groups is 3. The largest absolute Gasteiger partial charge is 0.462 e. The smallest absolute Gasteiger partial charge is 0.341 e. The second-order valence-electron chi connectivity index (χ2n) is 5.72. The Hall–Kier alpha value is -2.19. The molecule has 2 aromatic heterocycles. The van der Waals surface area contributed by atoms with Crippen molar-refractivity contribution >= 4 is 45.6 Å². The average molecular weight is 398 g/mol. The van der Waals surface area contributed by atoms with E-state index in [1.807, 2.05) is 0 Å². The first-order valence-corrected chi connectivity index (χ1v) is 9.20. The fraction of sp³-hybridized carbons (Fsp3) is 0.412. The van der Waals surface area contributed by atoms with Crippen LogP contribution >= 0.6 is 22.9 Å². The summed E-state index contributed by atoms with van der Waals surface area (Å²) in [5.41, 5.74) is 1.37. The van der Waals surface area contributed by atoms with Crippen LogP contribution in [-0.4, -0.2) is 34.0 Å². The van der Waals surface area contributed by atoms with Gasteiger partial charge in [-0.15, -0.1) is 11.3 Å². The fourth-order valence-corrected chi connectivity index (χ4v) is 3.73. The summed E-state index contributed by atoms with van der Waals surface area (Å²) in [4.78, 5) is 37.2. The van der Waals surface area contributed by atoms with Crippen LogP contribution in [0.25, 0.3) is 0 Å². The van der Waals surface area contributed by atoms with Gasteiger partial charge in [-0.25, -0.2) is 4.79 Å². The molecule has 0 aliphatic rings. The van der Waals surface area contributed by atoms with Gasteiger partial charge in [0.2, 0.25) is 5.91 Å². The van der Waals surface area contributed by atoms with Crippen LogP contribution < -0.4 is 5.32 Å². The van der Waals surface area contributed by atoms with Crippen molar-refractivity contribution in [2.24, 2.45) is 0 Å². The van der Waals surface area contributed by atoms with Crippen LogP contribution in [-0.2, 0) is 9.53 Å². The van der Waals surface area contributed by atoms with E-state index >= 15 is 0 Å². The van der Waals surface area contributed by atoms with Gasteiger partial charge in [0, 0.05) is 0 Å². The van der Waals surface area contributed by atoms with Crippen molar-refractivity contribution in [3.8, 4) is 0 Å². The number of halogens is 1. The summed E-state index contributed by atoms with van der Waals surface area (Å²) >= 11 is 7.05. The van der Waals surface area contributed by atoms with Gasteiger partial charge in [0.15, 0.2) is 5.78 Å². The van der Waals surface area contributed by atoms with E-state index < -0.39 is 12.0 Å². The lowest BCUT2D eigenvalue weighted by Crippen LogP contribution is -2.25. The Bertz CT molecular complexity index is 872. The molecule has 7 nitrogen and oxygen atoms in total. The van der Waals surface area contributed by atoms with Crippen LogP contribution in [0.3, 0.4) is 0 Å². The molecular weight excluding hydrogens is 378 g/mol. The predicted molar refractivity (Wildman–Crippen MR) is 100 cm³/mol. The molecule has 0 radical (unpaired) electrons. The molecule has 2 aromatic rings. The highest BCUT2D eigenvalue weighted by Crippen LogP contribution is 2.34. The van der Waals surface area contributed by atoms with Gasteiger partial charge < -0.3 is 10.1 Å². The van der Waals surface area contributed by atoms with Gasteiger partial charge in [-0.1, -0.05) is 11.6 Å². The Kier molecular flexibility index (Phi) is 6.20. The molecule has 0 fully saturated rings. The Morgan fingerprint density at radius 3 is 2.54 bits per heavy atom. The number of carbonyl (C=O) groups excluding carboxylic acids is 3. The Balaban J connectivity index is 2.37. The maximum Gasteiger partial charge on any atom is 0.341 e. The van der Waals surface area contributed by atoms with Crippen LogP contribution in [0.4, 0.5) is 5.00 Å². The molecule has 0 aliphatic carbocycles. The lowest BCUT2D eigenvalue weighted by atomic mass is 10.1. The second kappa shape index (κ2) is 8.01. The fourth-order valence-electron chi connectivity index (χ4n) is 2.51. The van der Waals surface area contributed by atoms with Crippen molar-refractivity contribution in [1.29, 1.82) is 0 Å². The standard InChI is InChI=1S/C17H20ClN3O4S/c1-6-25-17(24)13-8(2)14(11(5)22)26-16(13)20-15(23)10(4)21-9(3)12(18)7-19-21/h7,10H,6H2,1-5H3,(H,20,23). The van der Waals surface area contributed by atoms with Crippen LogP contribution in [0, 0.1) is 13.8 Å². The third-order valence-electron chi connectivity index (χ3n) is 3.91. The number of amides is 1. The van der Waals surface area contributed by atoms with Gasteiger partial charge in [-0.05, 0) is 40.2 Å². The number of nitrogens with zero attached hydrogens (tertiary/aromatic N) is 2.